The summed E-state index contributed by atoms with van der Waals surface area (Å²) in [7, 11) is 5.22. The smallest absolute Gasteiger partial charge is 0.271 e. The van der Waals surface area contributed by atoms with E-state index in [0.717, 1.165) is 15.9 Å². The normalized spacial score (nSPS) is 20.9. The Morgan fingerprint density at radius 2 is 2.12 bits per heavy atom. The Bertz CT molecular complexity index is 1150. The molecule has 2 unspecified atom stereocenters. The quantitative estimate of drug-likeness (QED) is 0.486. The molecule has 1 amide bonds. The Kier molecular flexibility index (Phi) is 5.82. The van der Waals surface area contributed by atoms with Gasteiger partial charge in [-0.3, -0.25) is 9.28 Å². The summed E-state index contributed by atoms with van der Waals surface area (Å²) >= 11 is 1.45. The van der Waals surface area contributed by atoms with E-state index >= 15 is 0 Å². The molecule has 1 fully saturated rings. The number of fused-ring (bicyclic) bond motifs is 1. The van der Waals surface area contributed by atoms with Crippen LogP contribution in [0.3, 0.4) is 0 Å². The molecule has 0 aliphatic heterocycles. The third-order valence-electron chi connectivity index (χ3n) is 6.18. The van der Waals surface area contributed by atoms with Crippen molar-refractivity contribution in [1.29, 1.82) is 0 Å². The number of nitrogens with zero attached hydrogens (tertiary/aromatic N) is 4. The maximum Gasteiger partial charge on any atom is 0.271 e. The summed E-state index contributed by atoms with van der Waals surface area (Å²) < 4.78 is 29.3. The molecule has 1 aliphatic carbocycles. The molecule has 170 valence electrons. The number of alkyl halides is 2. The summed E-state index contributed by atoms with van der Waals surface area (Å²) in [6, 6.07) is 2.28. The lowest BCUT2D eigenvalue weighted by Crippen LogP contribution is -2.66. The Balaban J connectivity index is 1.74. The van der Waals surface area contributed by atoms with Crippen molar-refractivity contribution >= 4 is 44.8 Å². The van der Waals surface area contributed by atoms with Gasteiger partial charge in [-0.1, -0.05) is 0 Å². The Hall–Kier alpha value is -2.76. The number of likely N-dealkylation sites (N-methyl/N-ethyl adjacent to an activating group) is 2. The van der Waals surface area contributed by atoms with Gasteiger partial charge >= 0.3 is 0 Å². The lowest BCUT2D eigenvalue weighted by atomic mass is 9.85. The number of rotatable bonds is 6. The number of thiophene rings is 1. The molecular weight excluding hydrogens is 436 g/mol. The average molecular weight is 463 g/mol. The van der Waals surface area contributed by atoms with Gasteiger partial charge in [0.2, 0.25) is 5.82 Å². The molecule has 3 heterocycles. The van der Waals surface area contributed by atoms with Crippen LogP contribution in [0.15, 0.2) is 29.9 Å². The van der Waals surface area contributed by atoms with E-state index in [9.17, 15) is 13.6 Å². The number of anilines is 2. The molecule has 1 saturated carbocycles. The van der Waals surface area contributed by atoms with Crippen molar-refractivity contribution in [3.63, 3.8) is 0 Å². The van der Waals surface area contributed by atoms with Gasteiger partial charge < -0.3 is 16.4 Å². The van der Waals surface area contributed by atoms with E-state index in [0.29, 0.717) is 18.7 Å². The molecule has 4 N–H and O–H groups in total. The second kappa shape index (κ2) is 8.30. The lowest BCUT2D eigenvalue weighted by molar-refractivity contribution is -0.0860. The van der Waals surface area contributed by atoms with Crippen molar-refractivity contribution in [1.82, 2.24) is 24.8 Å². The second-order valence-electron chi connectivity index (χ2n) is 8.45. The van der Waals surface area contributed by atoms with Gasteiger partial charge in [-0.2, -0.15) is 4.98 Å². The number of carbonyl (C=O) groups is 1. The number of aromatic nitrogens is 3. The average Bonchev–Trinajstić information content (AvgIpc) is 3.15. The van der Waals surface area contributed by atoms with Gasteiger partial charge in [0, 0.05) is 29.8 Å². The van der Waals surface area contributed by atoms with Crippen LogP contribution < -0.4 is 20.9 Å². The predicted molar refractivity (Wildman–Crippen MR) is 123 cm³/mol. The van der Waals surface area contributed by atoms with Crippen LogP contribution in [0.2, 0.25) is 0 Å². The molecule has 0 saturated heterocycles. The topological polar surface area (TPSA) is 106 Å². The number of primary amides is 1. The minimum Gasteiger partial charge on any atom is -0.364 e. The monoisotopic (exact) mass is 462 g/mol. The Labute approximate surface area is 188 Å². The van der Waals surface area contributed by atoms with Crippen LogP contribution in [0.25, 0.3) is 10.2 Å². The first-order valence-electron chi connectivity index (χ1n) is 10.3. The van der Waals surface area contributed by atoms with Crippen molar-refractivity contribution in [2.24, 2.45) is 5.73 Å². The molecule has 1 aliphatic rings. The number of pyridine rings is 1. The third-order valence-corrected chi connectivity index (χ3v) is 7.08. The summed E-state index contributed by atoms with van der Waals surface area (Å²) in [6.45, 7) is 0. The molecule has 4 rings (SSSR count). The predicted octanol–water partition coefficient (Wildman–Crippen LogP) is 3.27. The standard InChI is InChI=1S/C21H25F2N7OS/c1-25-17-14(7-4-8-21(17,22)23)30(2,3)15-10-27-16(18(24)31)19(29-15)28-13-11-32-20-12(13)6-5-9-26-20/h5-6,9-11,14,17,25H,4,7-8H2,1-3H3,(H2-,24,28,29,31)/p+1. The number of quaternary nitrogens is 1. The summed E-state index contributed by atoms with van der Waals surface area (Å²) in [6.07, 6.45) is 4.03. The van der Waals surface area contributed by atoms with Crippen LogP contribution in [0, 0.1) is 0 Å². The van der Waals surface area contributed by atoms with E-state index in [4.69, 9.17) is 5.73 Å². The first-order chi connectivity index (χ1) is 15.1. The fourth-order valence-corrected chi connectivity index (χ4v) is 5.28. The van der Waals surface area contributed by atoms with Crippen molar-refractivity contribution in [2.75, 3.05) is 26.5 Å². The fourth-order valence-electron chi connectivity index (χ4n) is 4.44. The fraction of sp³-hybridized carbons (Fsp3) is 0.429. The number of nitrogens with two attached hydrogens (primary N) is 1. The molecule has 3 aromatic rings. The van der Waals surface area contributed by atoms with Crippen molar-refractivity contribution < 1.29 is 13.6 Å². The van der Waals surface area contributed by atoms with Crippen LogP contribution in [-0.4, -0.2) is 60.0 Å². The van der Waals surface area contributed by atoms with Gasteiger partial charge in [0.1, 0.15) is 23.1 Å². The maximum absolute atomic E-state index is 14.6. The second-order valence-corrected chi connectivity index (χ2v) is 9.31. The van der Waals surface area contributed by atoms with Gasteiger partial charge in [-0.05, 0) is 25.6 Å². The SMILES string of the molecule is CNC1C([N+](C)(C)c2cnc(C(N)=O)c(Nc3csc4ncccc34)n2)CCCC1(F)F. The summed E-state index contributed by atoms with van der Waals surface area (Å²) in [4.78, 5) is 26.1. The van der Waals surface area contributed by atoms with E-state index < -0.39 is 23.9 Å². The summed E-state index contributed by atoms with van der Waals surface area (Å²) in [5.41, 5.74) is 6.23. The van der Waals surface area contributed by atoms with Gasteiger partial charge in [-0.25, -0.2) is 18.7 Å². The first kappa shape index (κ1) is 22.4. The van der Waals surface area contributed by atoms with Crippen LogP contribution in [0.5, 0.6) is 0 Å². The van der Waals surface area contributed by atoms with Crippen LogP contribution in [0.1, 0.15) is 29.8 Å². The van der Waals surface area contributed by atoms with E-state index in [-0.39, 0.29) is 22.4 Å². The number of hydrogen-bond donors (Lipinski definition) is 3. The Morgan fingerprint density at radius 3 is 2.84 bits per heavy atom. The zero-order chi connectivity index (χ0) is 23.1. The van der Waals surface area contributed by atoms with Gasteiger partial charge in [-0.15, -0.1) is 11.3 Å². The number of carbonyl (C=O) groups excluding carboxylic acids is 1. The summed E-state index contributed by atoms with van der Waals surface area (Å²) in [5.74, 6) is -2.91. The summed E-state index contributed by atoms with van der Waals surface area (Å²) in [5, 5.41) is 8.71. The van der Waals surface area contributed by atoms with Crippen LogP contribution in [-0.2, 0) is 0 Å². The number of nitrogens with one attached hydrogen (secondary N) is 2. The molecule has 0 bridgehead atoms. The third kappa shape index (κ3) is 3.91. The maximum atomic E-state index is 14.6. The van der Waals surface area contributed by atoms with Gasteiger partial charge in [0.25, 0.3) is 11.8 Å². The Morgan fingerprint density at radius 1 is 1.34 bits per heavy atom. The minimum atomic E-state index is -2.82. The van der Waals surface area contributed by atoms with Crippen LogP contribution in [0.4, 0.5) is 26.1 Å². The van der Waals surface area contributed by atoms with E-state index in [1.54, 1.807) is 13.2 Å². The number of halogens is 2. The highest BCUT2D eigenvalue weighted by atomic mass is 32.1. The van der Waals surface area contributed by atoms with Crippen molar-refractivity contribution in [3.05, 3.63) is 35.6 Å². The van der Waals surface area contributed by atoms with Crippen molar-refractivity contribution in [2.45, 2.75) is 37.3 Å². The molecule has 0 aromatic carbocycles. The van der Waals surface area contributed by atoms with Crippen LogP contribution >= 0.6 is 11.3 Å². The first-order valence-corrected chi connectivity index (χ1v) is 11.2. The molecule has 8 nitrogen and oxygen atoms in total. The van der Waals surface area contributed by atoms with E-state index in [1.165, 1.54) is 17.5 Å². The van der Waals surface area contributed by atoms with Crippen molar-refractivity contribution in [3.8, 4) is 0 Å². The van der Waals surface area contributed by atoms with Gasteiger partial charge in [0.05, 0.1) is 19.8 Å². The molecule has 0 spiro atoms. The molecule has 3 aromatic heterocycles. The zero-order valence-corrected chi connectivity index (χ0v) is 18.9. The molecule has 32 heavy (non-hydrogen) atoms. The highest BCUT2D eigenvalue weighted by molar-refractivity contribution is 7.17. The number of hydrogen-bond acceptors (Lipinski definition) is 7. The lowest BCUT2D eigenvalue weighted by Gasteiger charge is -2.45. The molecular formula is C21H26F2N7OS+. The number of amides is 1. The largest absolute Gasteiger partial charge is 0.364 e. The highest BCUT2D eigenvalue weighted by Gasteiger charge is 2.53. The molecule has 0 radical (unpaired) electrons. The molecule has 11 heteroatoms. The van der Waals surface area contributed by atoms with E-state index in [1.807, 2.05) is 31.6 Å². The van der Waals surface area contributed by atoms with E-state index in [2.05, 4.69) is 25.6 Å². The zero-order valence-electron chi connectivity index (χ0n) is 18.1. The van der Waals surface area contributed by atoms with Gasteiger partial charge in [0.15, 0.2) is 11.5 Å². The highest BCUT2D eigenvalue weighted by Crippen LogP contribution is 2.39. The molecule has 2 atom stereocenters. The minimum absolute atomic E-state index is 0.0175.